The Morgan fingerprint density at radius 2 is 2.13 bits per heavy atom. The molecular weight excluding hydrogens is 320 g/mol. The number of hydrogen-bond acceptors (Lipinski definition) is 5. The Morgan fingerprint density at radius 3 is 2.83 bits per heavy atom. The first-order chi connectivity index (χ1) is 10.9. The van der Waals surface area contributed by atoms with E-state index in [1.54, 1.807) is 32.0 Å². The van der Waals surface area contributed by atoms with Crippen molar-refractivity contribution < 1.29 is 17.9 Å². The van der Waals surface area contributed by atoms with Crippen molar-refractivity contribution in [3.05, 3.63) is 35.2 Å². The highest BCUT2D eigenvalue weighted by Gasteiger charge is 2.22. The van der Waals surface area contributed by atoms with Crippen LogP contribution in [-0.4, -0.2) is 31.1 Å². The number of fused-ring (bicyclic) bond motifs is 1. The fourth-order valence-corrected chi connectivity index (χ4v) is 3.81. The van der Waals surface area contributed by atoms with Gasteiger partial charge in [-0.1, -0.05) is 6.07 Å². The topological polar surface area (TPSA) is 113 Å². The molecule has 0 saturated heterocycles. The number of carbonyl (C=O) groups is 1. The Bertz CT molecular complexity index is 853. The summed E-state index contributed by atoms with van der Waals surface area (Å²) in [6.45, 7) is 3.36. The van der Waals surface area contributed by atoms with Crippen LogP contribution in [0.1, 0.15) is 17.0 Å². The van der Waals surface area contributed by atoms with E-state index >= 15 is 0 Å². The summed E-state index contributed by atoms with van der Waals surface area (Å²) < 4.78 is 32.6. The zero-order valence-electron chi connectivity index (χ0n) is 12.6. The molecular formula is C14H16N4O4S. The summed E-state index contributed by atoms with van der Waals surface area (Å²) in [6.07, 6.45) is 0. The number of amides is 1. The average molecular weight is 336 g/mol. The minimum absolute atomic E-state index is 0.0159. The van der Waals surface area contributed by atoms with Crippen LogP contribution in [0, 0.1) is 13.8 Å². The molecule has 1 aromatic carbocycles. The average Bonchev–Trinajstić information content (AvgIpc) is 2.84. The quantitative estimate of drug-likeness (QED) is 0.765. The van der Waals surface area contributed by atoms with Gasteiger partial charge >= 0.3 is 0 Å². The molecule has 3 N–H and O–H groups in total. The molecule has 1 aliphatic heterocycles. The minimum atomic E-state index is -3.67. The summed E-state index contributed by atoms with van der Waals surface area (Å²) in [4.78, 5) is 11.5. The zero-order chi connectivity index (χ0) is 16.6. The molecule has 0 spiro atoms. The predicted molar refractivity (Wildman–Crippen MR) is 82.7 cm³/mol. The van der Waals surface area contributed by atoms with Gasteiger partial charge < -0.3 is 10.1 Å². The Hall–Kier alpha value is -2.39. The van der Waals surface area contributed by atoms with Gasteiger partial charge in [-0.25, -0.2) is 13.1 Å². The molecule has 2 aromatic rings. The first-order valence-electron chi connectivity index (χ1n) is 6.93. The second-order valence-corrected chi connectivity index (χ2v) is 6.96. The van der Waals surface area contributed by atoms with E-state index in [1.165, 1.54) is 0 Å². The number of anilines is 1. The highest BCUT2D eigenvalue weighted by molar-refractivity contribution is 7.89. The van der Waals surface area contributed by atoms with E-state index in [0.29, 0.717) is 28.4 Å². The Labute approximate surface area is 133 Å². The molecule has 0 aliphatic carbocycles. The van der Waals surface area contributed by atoms with Crippen molar-refractivity contribution in [1.82, 2.24) is 14.9 Å². The second kappa shape index (κ2) is 5.67. The summed E-state index contributed by atoms with van der Waals surface area (Å²) in [5.74, 6) is 0.331. The third-order valence-corrected chi connectivity index (χ3v) is 5.14. The molecule has 0 radical (unpaired) electrons. The smallest absolute Gasteiger partial charge is 0.262 e. The molecule has 1 aromatic heterocycles. The first-order valence-corrected chi connectivity index (χ1v) is 8.42. The number of benzene rings is 1. The standard InChI is InChI=1S/C14H16N4O4S/c1-8-14(9(2)18-17-8)23(20,21)15-6-10-3-4-12-11(5-10)16-13(19)7-22-12/h3-5,15H,6-7H2,1-2H3,(H,16,19)(H,17,18). The first kappa shape index (κ1) is 15.5. The summed E-state index contributed by atoms with van der Waals surface area (Å²) in [5, 5.41) is 9.24. The molecule has 0 saturated carbocycles. The van der Waals surface area contributed by atoms with Crippen LogP contribution in [0.2, 0.25) is 0 Å². The lowest BCUT2D eigenvalue weighted by Gasteiger charge is -2.18. The molecule has 0 fully saturated rings. The fraction of sp³-hybridized carbons (Fsp3) is 0.286. The number of aryl methyl sites for hydroxylation is 2. The van der Waals surface area contributed by atoms with Crippen LogP contribution in [0.15, 0.2) is 23.1 Å². The van der Waals surface area contributed by atoms with Crippen LogP contribution in [0.25, 0.3) is 0 Å². The monoisotopic (exact) mass is 336 g/mol. The summed E-state index contributed by atoms with van der Waals surface area (Å²) in [7, 11) is -3.67. The number of nitrogens with zero attached hydrogens (tertiary/aromatic N) is 1. The zero-order valence-corrected chi connectivity index (χ0v) is 13.5. The highest BCUT2D eigenvalue weighted by Crippen LogP contribution is 2.28. The number of H-pyrrole nitrogens is 1. The molecule has 2 heterocycles. The molecule has 23 heavy (non-hydrogen) atoms. The molecule has 122 valence electrons. The van der Waals surface area contributed by atoms with E-state index in [-0.39, 0.29) is 24.0 Å². The number of aromatic nitrogens is 2. The molecule has 1 aliphatic rings. The lowest BCUT2D eigenvalue weighted by Crippen LogP contribution is -2.26. The van der Waals surface area contributed by atoms with E-state index in [0.717, 1.165) is 0 Å². The van der Waals surface area contributed by atoms with Crippen molar-refractivity contribution in [3.63, 3.8) is 0 Å². The van der Waals surface area contributed by atoms with Crippen molar-refractivity contribution in [2.45, 2.75) is 25.3 Å². The lowest BCUT2D eigenvalue weighted by atomic mass is 10.1. The van der Waals surface area contributed by atoms with Gasteiger partial charge in [0.15, 0.2) is 6.61 Å². The number of sulfonamides is 1. The van der Waals surface area contributed by atoms with Gasteiger partial charge in [-0.3, -0.25) is 9.89 Å². The molecule has 0 atom stereocenters. The van der Waals surface area contributed by atoms with Crippen LogP contribution >= 0.6 is 0 Å². The summed E-state index contributed by atoms with van der Waals surface area (Å²) in [5.41, 5.74) is 2.15. The van der Waals surface area contributed by atoms with Crippen LogP contribution in [0.3, 0.4) is 0 Å². The molecule has 9 heteroatoms. The maximum Gasteiger partial charge on any atom is 0.262 e. The molecule has 3 rings (SSSR count). The maximum absolute atomic E-state index is 12.4. The molecule has 0 bridgehead atoms. The number of rotatable bonds is 4. The van der Waals surface area contributed by atoms with Gasteiger partial charge in [-0.05, 0) is 31.5 Å². The van der Waals surface area contributed by atoms with E-state index in [9.17, 15) is 13.2 Å². The van der Waals surface area contributed by atoms with Crippen LogP contribution in [-0.2, 0) is 21.4 Å². The predicted octanol–water partition coefficient (Wildman–Crippen LogP) is 0.836. The lowest BCUT2D eigenvalue weighted by molar-refractivity contribution is -0.118. The van der Waals surface area contributed by atoms with E-state index < -0.39 is 10.0 Å². The summed E-state index contributed by atoms with van der Waals surface area (Å²) >= 11 is 0. The van der Waals surface area contributed by atoms with Gasteiger partial charge in [0, 0.05) is 6.54 Å². The van der Waals surface area contributed by atoms with E-state index in [2.05, 4.69) is 20.2 Å². The van der Waals surface area contributed by atoms with Gasteiger partial charge in [0.2, 0.25) is 10.0 Å². The fourth-order valence-electron chi connectivity index (χ4n) is 2.43. The number of aromatic amines is 1. The van der Waals surface area contributed by atoms with Crippen LogP contribution in [0.5, 0.6) is 5.75 Å². The number of carbonyl (C=O) groups excluding carboxylic acids is 1. The Kier molecular flexibility index (Phi) is 3.82. The minimum Gasteiger partial charge on any atom is -0.482 e. The Morgan fingerprint density at radius 1 is 1.35 bits per heavy atom. The van der Waals surface area contributed by atoms with Crippen molar-refractivity contribution in [1.29, 1.82) is 0 Å². The molecule has 1 amide bonds. The van der Waals surface area contributed by atoms with Crippen LogP contribution in [0.4, 0.5) is 5.69 Å². The van der Waals surface area contributed by atoms with Crippen molar-refractivity contribution >= 4 is 21.6 Å². The summed E-state index contributed by atoms with van der Waals surface area (Å²) in [6, 6.07) is 5.13. The number of hydrogen-bond donors (Lipinski definition) is 3. The van der Waals surface area contributed by atoms with Crippen molar-refractivity contribution in [2.24, 2.45) is 0 Å². The number of nitrogens with one attached hydrogen (secondary N) is 3. The van der Waals surface area contributed by atoms with Gasteiger partial charge in [0.25, 0.3) is 5.91 Å². The van der Waals surface area contributed by atoms with Crippen molar-refractivity contribution in [3.8, 4) is 5.75 Å². The van der Waals surface area contributed by atoms with Gasteiger partial charge in [0.05, 0.1) is 17.1 Å². The van der Waals surface area contributed by atoms with Gasteiger partial charge in [0.1, 0.15) is 10.6 Å². The maximum atomic E-state index is 12.4. The Balaban J connectivity index is 1.78. The van der Waals surface area contributed by atoms with Crippen molar-refractivity contribution in [2.75, 3.05) is 11.9 Å². The van der Waals surface area contributed by atoms with Crippen LogP contribution < -0.4 is 14.8 Å². The normalized spacial score (nSPS) is 14.1. The third-order valence-electron chi connectivity index (χ3n) is 3.47. The van der Waals surface area contributed by atoms with E-state index in [1.807, 2.05) is 0 Å². The highest BCUT2D eigenvalue weighted by atomic mass is 32.2. The van der Waals surface area contributed by atoms with Gasteiger partial charge in [-0.2, -0.15) is 5.10 Å². The molecule has 0 unspecified atom stereocenters. The molecule has 8 nitrogen and oxygen atoms in total. The second-order valence-electron chi connectivity index (χ2n) is 5.26. The number of ether oxygens (including phenoxy) is 1. The largest absolute Gasteiger partial charge is 0.482 e. The third kappa shape index (κ3) is 3.06. The SMILES string of the molecule is Cc1n[nH]c(C)c1S(=O)(=O)NCc1ccc2c(c1)NC(=O)CO2. The van der Waals surface area contributed by atoms with E-state index in [4.69, 9.17) is 4.74 Å². The van der Waals surface area contributed by atoms with Gasteiger partial charge in [-0.15, -0.1) is 0 Å².